The van der Waals surface area contributed by atoms with Crippen molar-refractivity contribution in [2.45, 2.75) is 11.4 Å². The summed E-state index contributed by atoms with van der Waals surface area (Å²) in [5.74, 6) is -0.680. The number of amides is 1. The highest BCUT2D eigenvalue weighted by Gasteiger charge is 2.22. The monoisotopic (exact) mass is 608 g/mol. The van der Waals surface area contributed by atoms with Crippen molar-refractivity contribution in [3.63, 3.8) is 0 Å². The Morgan fingerprint density at radius 1 is 1.09 bits per heavy atom. The zero-order valence-corrected chi connectivity index (χ0v) is 21.5. The number of hydrogen-bond donors (Lipinski definition) is 1. The molecule has 0 radical (unpaired) electrons. The highest BCUT2D eigenvalue weighted by molar-refractivity contribution is 9.11. The number of nitrogens with zero attached hydrogens (tertiary/aromatic N) is 1. The van der Waals surface area contributed by atoms with E-state index < -0.39 is 16.0 Å². The third-order valence-electron chi connectivity index (χ3n) is 4.29. The Morgan fingerprint density at radius 3 is 2.39 bits per heavy atom. The molecular formula is C23H15Br2ClN2O4S. The maximum atomic E-state index is 12.8. The summed E-state index contributed by atoms with van der Waals surface area (Å²) in [5.41, 5.74) is 0.858. The van der Waals surface area contributed by atoms with Gasteiger partial charge in [0.05, 0.1) is 4.47 Å². The number of hydrogen-bond acceptors (Lipinski definition) is 5. The molecule has 6 nitrogen and oxygen atoms in total. The number of benzene rings is 3. The molecule has 0 bridgehead atoms. The Kier molecular flexibility index (Phi) is 8.32. The Labute approximate surface area is 213 Å². The van der Waals surface area contributed by atoms with E-state index in [2.05, 4.69) is 37.2 Å². The van der Waals surface area contributed by atoms with Gasteiger partial charge in [-0.25, -0.2) is 0 Å². The zero-order chi connectivity index (χ0) is 24.0. The minimum absolute atomic E-state index is 0.0724. The Balaban J connectivity index is 1.93. The highest BCUT2D eigenvalue weighted by Crippen LogP contribution is 2.36. The van der Waals surface area contributed by atoms with Gasteiger partial charge in [0.25, 0.3) is 5.91 Å². The van der Waals surface area contributed by atoms with Gasteiger partial charge in [0.15, 0.2) is 5.75 Å². The Morgan fingerprint density at radius 2 is 1.76 bits per heavy atom. The van der Waals surface area contributed by atoms with E-state index in [0.717, 1.165) is 5.56 Å². The second-order valence-corrected chi connectivity index (χ2v) is 10.4. The first-order valence-electron chi connectivity index (χ1n) is 9.32. The van der Waals surface area contributed by atoms with Crippen molar-refractivity contribution in [1.82, 2.24) is 5.32 Å². The number of rotatable bonds is 7. The topological polar surface area (TPSA) is 96.3 Å². The van der Waals surface area contributed by atoms with E-state index in [1.54, 1.807) is 12.1 Å². The first-order chi connectivity index (χ1) is 15.7. The molecule has 0 aliphatic heterocycles. The average molecular weight is 611 g/mol. The van der Waals surface area contributed by atoms with Crippen LogP contribution < -0.4 is 9.50 Å². The zero-order valence-electron chi connectivity index (χ0n) is 16.8. The lowest BCUT2D eigenvalue weighted by atomic mass is 10.1. The molecule has 0 atom stereocenters. The summed E-state index contributed by atoms with van der Waals surface area (Å²) in [7, 11) is -4.21. The normalized spacial score (nSPS) is 11.5. The first-order valence-corrected chi connectivity index (χ1v) is 12.7. The summed E-state index contributed by atoms with van der Waals surface area (Å²) in [6.07, 6.45) is 1.27. The molecule has 1 N–H and O–H groups in total. The van der Waals surface area contributed by atoms with Gasteiger partial charge in [0, 0.05) is 21.6 Å². The molecule has 0 aromatic heterocycles. The molecule has 3 aromatic rings. The van der Waals surface area contributed by atoms with E-state index in [0.29, 0.717) is 14.0 Å². The van der Waals surface area contributed by atoms with Gasteiger partial charge in [0.2, 0.25) is 0 Å². The fourth-order valence-electron chi connectivity index (χ4n) is 2.71. The van der Waals surface area contributed by atoms with Gasteiger partial charge >= 0.3 is 10.1 Å². The van der Waals surface area contributed by atoms with Gasteiger partial charge in [-0.1, -0.05) is 57.9 Å². The SMILES string of the molecule is N#C/C(=C\c1cc(Br)cc(Br)c1OS(=O)(=O)c1ccc(Cl)cc1)C(=O)NCc1ccccc1. The third kappa shape index (κ3) is 6.68. The molecule has 1 amide bonds. The van der Waals surface area contributed by atoms with Gasteiger partial charge in [-0.2, -0.15) is 13.7 Å². The molecule has 168 valence electrons. The summed E-state index contributed by atoms with van der Waals surface area (Å²) < 4.78 is 31.8. The maximum Gasteiger partial charge on any atom is 0.339 e. The quantitative estimate of drug-likeness (QED) is 0.206. The van der Waals surface area contributed by atoms with Gasteiger partial charge in [-0.3, -0.25) is 4.79 Å². The van der Waals surface area contributed by atoms with E-state index in [4.69, 9.17) is 15.8 Å². The van der Waals surface area contributed by atoms with Crippen LogP contribution in [0.4, 0.5) is 0 Å². The van der Waals surface area contributed by atoms with Crippen molar-refractivity contribution >= 4 is 65.6 Å². The predicted octanol–water partition coefficient (Wildman–Crippen LogP) is 5.86. The molecule has 3 aromatic carbocycles. The number of carbonyl (C=O) groups is 1. The average Bonchev–Trinajstić information content (AvgIpc) is 2.79. The number of nitrogens with one attached hydrogen (secondary N) is 1. The lowest BCUT2D eigenvalue weighted by Gasteiger charge is -2.13. The maximum absolute atomic E-state index is 12.8. The molecule has 0 saturated carbocycles. The summed E-state index contributed by atoms with van der Waals surface area (Å²) >= 11 is 12.5. The van der Waals surface area contributed by atoms with Crippen molar-refractivity contribution in [2.75, 3.05) is 0 Å². The van der Waals surface area contributed by atoms with Crippen LogP contribution in [0, 0.1) is 11.3 Å². The molecular weight excluding hydrogens is 596 g/mol. The van der Waals surface area contributed by atoms with Gasteiger partial charge < -0.3 is 9.50 Å². The molecule has 10 heteroatoms. The fourth-order valence-corrected chi connectivity index (χ4v) is 5.26. The largest absolute Gasteiger partial charge is 0.377 e. The minimum Gasteiger partial charge on any atom is -0.377 e. The smallest absolute Gasteiger partial charge is 0.339 e. The second-order valence-electron chi connectivity index (χ2n) is 6.64. The van der Waals surface area contributed by atoms with Crippen molar-refractivity contribution in [3.8, 4) is 11.8 Å². The van der Waals surface area contributed by atoms with Crippen LogP contribution in [0.25, 0.3) is 6.08 Å². The van der Waals surface area contributed by atoms with Crippen LogP contribution in [0.2, 0.25) is 5.02 Å². The van der Waals surface area contributed by atoms with E-state index in [1.165, 1.54) is 30.3 Å². The van der Waals surface area contributed by atoms with E-state index in [1.807, 2.05) is 36.4 Å². The molecule has 0 aliphatic carbocycles. The summed E-state index contributed by atoms with van der Waals surface area (Å²) in [5, 5.41) is 12.6. The molecule has 33 heavy (non-hydrogen) atoms. The summed E-state index contributed by atoms with van der Waals surface area (Å²) in [6, 6.07) is 19.7. The summed E-state index contributed by atoms with van der Waals surface area (Å²) in [6.45, 7) is 0.231. The van der Waals surface area contributed by atoms with E-state index >= 15 is 0 Å². The predicted molar refractivity (Wildman–Crippen MR) is 133 cm³/mol. The number of halogens is 3. The van der Waals surface area contributed by atoms with Crippen LogP contribution >= 0.6 is 43.5 Å². The third-order valence-corrected chi connectivity index (χ3v) is 6.83. The van der Waals surface area contributed by atoms with Crippen LogP contribution in [0.5, 0.6) is 5.75 Å². The van der Waals surface area contributed by atoms with Crippen molar-refractivity contribution < 1.29 is 17.4 Å². The molecule has 0 spiro atoms. The number of nitriles is 1. The second kappa shape index (κ2) is 11.0. The standard InChI is InChI=1S/C23H15Br2ClN2O4S/c24-18-11-16(10-17(13-27)23(29)28-14-15-4-2-1-3-5-15)22(21(25)12-18)32-33(30,31)20-8-6-19(26)7-9-20/h1-12H,14H2,(H,28,29)/b17-10+. The van der Waals surface area contributed by atoms with Crippen LogP contribution in [0.3, 0.4) is 0 Å². The Bertz CT molecular complexity index is 1350. The molecule has 0 aliphatic rings. The van der Waals surface area contributed by atoms with Crippen LogP contribution in [0.15, 0.2) is 86.1 Å². The minimum atomic E-state index is -4.21. The molecule has 0 heterocycles. The van der Waals surface area contributed by atoms with Gasteiger partial charge in [-0.05, 0) is 64.0 Å². The molecule has 0 fully saturated rings. The van der Waals surface area contributed by atoms with Gasteiger partial charge in [-0.15, -0.1) is 0 Å². The highest BCUT2D eigenvalue weighted by atomic mass is 79.9. The fraction of sp³-hybridized carbons (Fsp3) is 0.0435. The van der Waals surface area contributed by atoms with Crippen molar-refractivity contribution in [1.29, 1.82) is 5.26 Å². The van der Waals surface area contributed by atoms with E-state index in [9.17, 15) is 18.5 Å². The van der Waals surface area contributed by atoms with Gasteiger partial charge in [0.1, 0.15) is 16.5 Å². The van der Waals surface area contributed by atoms with Crippen LogP contribution in [0.1, 0.15) is 11.1 Å². The summed E-state index contributed by atoms with van der Waals surface area (Å²) in [4.78, 5) is 12.5. The Hall–Kier alpha value is -2.64. The van der Waals surface area contributed by atoms with Crippen LogP contribution in [-0.2, 0) is 21.5 Å². The first kappa shape index (κ1) is 25.0. The lowest BCUT2D eigenvalue weighted by molar-refractivity contribution is -0.117. The lowest BCUT2D eigenvalue weighted by Crippen LogP contribution is -2.24. The molecule has 3 rings (SSSR count). The van der Waals surface area contributed by atoms with Crippen molar-refractivity contribution in [2.24, 2.45) is 0 Å². The number of carbonyl (C=O) groups excluding carboxylic acids is 1. The van der Waals surface area contributed by atoms with Crippen LogP contribution in [-0.4, -0.2) is 14.3 Å². The molecule has 0 saturated heterocycles. The van der Waals surface area contributed by atoms with Crippen molar-refractivity contribution in [3.05, 3.63) is 97.4 Å². The molecule has 0 unspecified atom stereocenters. The van der Waals surface area contributed by atoms with E-state index in [-0.39, 0.29) is 28.3 Å².